The Labute approximate surface area is 144 Å². The molecule has 1 atom stereocenters. The molecule has 0 bridgehead atoms. The predicted octanol–water partition coefficient (Wildman–Crippen LogP) is 1.98. The van der Waals surface area contributed by atoms with Crippen molar-refractivity contribution in [2.24, 2.45) is 0 Å². The summed E-state index contributed by atoms with van der Waals surface area (Å²) in [7, 11) is 0. The zero-order valence-corrected chi connectivity index (χ0v) is 13.1. The van der Waals surface area contributed by atoms with Crippen LogP contribution in [-0.4, -0.2) is 16.7 Å². The molecule has 1 aromatic heterocycles. The van der Waals surface area contributed by atoms with Crippen molar-refractivity contribution in [3.63, 3.8) is 0 Å². The first-order valence-corrected chi connectivity index (χ1v) is 7.44. The number of aromatic nitrogens is 1. The lowest BCUT2D eigenvalue weighted by molar-refractivity contribution is 0.275. The molecular weight excluding hydrogens is 351 g/mol. The minimum absolute atomic E-state index is 0.0531. The monoisotopic (exact) mass is 363 g/mol. The molecule has 0 spiro atoms. The lowest BCUT2D eigenvalue weighted by atomic mass is 10.0. The van der Waals surface area contributed by atoms with Gasteiger partial charge in [-0.1, -0.05) is 0 Å². The number of aliphatic hydroxyl groups excluding tert-OH is 1. The number of nitrogens with one attached hydrogen (secondary N) is 2. The minimum Gasteiger partial charge on any atom is -0.394 e. The Hall–Kier alpha value is -3.20. The van der Waals surface area contributed by atoms with Gasteiger partial charge in [-0.05, 0) is 29.8 Å². The molecule has 3 aromatic rings. The molecule has 0 saturated carbocycles. The number of hydrogen-bond acceptors (Lipinski definition) is 6. The largest absolute Gasteiger partial charge is 0.394 e. The van der Waals surface area contributed by atoms with Gasteiger partial charge in [-0.25, -0.2) is 13.2 Å². The maximum absolute atomic E-state index is 13.4. The minimum atomic E-state index is -1.64. The highest BCUT2D eigenvalue weighted by Gasteiger charge is 2.25. The summed E-state index contributed by atoms with van der Waals surface area (Å²) in [6.45, 7) is -0.655. The second-order valence-electron chi connectivity index (χ2n) is 5.45. The number of anilines is 3. The maximum atomic E-state index is 13.4. The van der Waals surface area contributed by atoms with Crippen LogP contribution in [0.1, 0.15) is 11.6 Å². The lowest BCUT2D eigenvalue weighted by Crippen LogP contribution is -2.38. The van der Waals surface area contributed by atoms with E-state index in [-0.39, 0.29) is 16.9 Å². The fourth-order valence-corrected chi connectivity index (χ4v) is 2.41. The van der Waals surface area contributed by atoms with Crippen LogP contribution in [0.3, 0.4) is 0 Å². The Balaban J connectivity index is 1.89. The number of nitrogens with zero attached hydrogens (tertiary/aromatic N) is 1. The first-order chi connectivity index (χ1) is 12.4. The van der Waals surface area contributed by atoms with Crippen molar-refractivity contribution < 1.29 is 18.3 Å². The average molecular weight is 363 g/mol. The van der Waals surface area contributed by atoms with Crippen LogP contribution in [-0.2, 0) is 0 Å². The van der Waals surface area contributed by atoms with Crippen LogP contribution in [0.5, 0.6) is 0 Å². The molecule has 0 saturated heterocycles. The van der Waals surface area contributed by atoms with Gasteiger partial charge in [0.25, 0.3) is 10.9 Å². The molecule has 3 N–H and O–H groups in total. The highest BCUT2D eigenvalue weighted by Crippen LogP contribution is 2.26. The van der Waals surface area contributed by atoms with Gasteiger partial charge in [-0.2, -0.15) is 0 Å². The summed E-state index contributed by atoms with van der Waals surface area (Å²) >= 11 is 0. The van der Waals surface area contributed by atoms with Crippen LogP contribution in [0.2, 0.25) is 0 Å². The van der Waals surface area contributed by atoms with Gasteiger partial charge in [-0.3, -0.25) is 14.6 Å². The van der Waals surface area contributed by atoms with E-state index in [1.165, 1.54) is 12.4 Å². The fourth-order valence-electron chi connectivity index (χ4n) is 2.41. The normalized spacial score (nSPS) is 12.2. The molecule has 0 aliphatic rings. The quantitative estimate of drug-likeness (QED) is 0.458. The Bertz CT molecular complexity index is 994. The maximum Gasteiger partial charge on any atom is 0.253 e. The van der Waals surface area contributed by atoms with Crippen molar-refractivity contribution in [3.8, 4) is 0 Å². The van der Waals surface area contributed by atoms with E-state index in [0.29, 0.717) is 17.8 Å². The van der Waals surface area contributed by atoms with E-state index in [2.05, 4.69) is 15.6 Å². The number of hydrogen-bond donors (Lipinski definition) is 3. The molecule has 1 unspecified atom stereocenters. The third kappa shape index (κ3) is 3.16. The van der Waals surface area contributed by atoms with Gasteiger partial charge in [0.1, 0.15) is 11.4 Å². The van der Waals surface area contributed by atoms with Crippen LogP contribution in [0.4, 0.5) is 30.2 Å². The van der Waals surface area contributed by atoms with Gasteiger partial charge >= 0.3 is 0 Å². The number of pyridine rings is 1. The third-order valence-electron chi connectivity index (χ3n) is 3.77. The van der Waals surface area contributed by atoms with Crippen LogP contribution >= 0.6 is 0 Å². The standard InChI is InChI=1S/C17H12F3N3O3/c18-10-5-8(6-11(19)13(10)20)12(7-24)23-15-14(16(25)17(15)26)22-9-1-3-21-4-2-9/h1-6,12,23-24H,7H2,(H,21,22). The van der Waals surface area contributed by atoms with Gasteiger partial charge in [0.15, 0.2) is 17.5 Å². The summed E-state index contributed by atoms with van der Waals surface area (Å²) in [5.41, 5.74) is -1.44. The summed E-state index contributed by atoms with van der Waals surface area (Å²) in [6, 6.07) is 3.41. The molecule has 0 fully saturated rings. The third-order valence-corrected chi connectivity index (χ3v) is 3.77. The fraction of sp³-hybridized carbons (Fsp3) is 0.118. The Kier molecular flexibility index (Phi) is 4.72. The van der Waals surface area contributed by atoms with E-state index in [9.17, 15) is 27.9 Å². The molecular formula is C17H12F3N3O3. The topological polar surface area (TPSA) is 91.3 Å². The lowest BCUT2D eigenvalue weighted by Gasteiger charge is -2.21. The first kappa shape index (κ1) is 17.6. The second-order valence-corrected chi connectivity index (χ2v) is 5.45. The molecule has 0 amide bonds. The van der Waals surface area contributed by atoms with Crippen molar-refractivity contribution in [3.05, 3.63) is 80.1 Å². The van der Waals surface area contributed by atoms with Crippen LogP contribution in [0, 0.1) is 17.5 Å². The van der Waals surface area contributed by atoms with Crippen molar-refractivity contribution in [2.75, 3.05) is 17.2 Å². The molecule has 2 aromatic carbocycles. The molecule has 0 aliphatic carbocycles. The van der Waals surface area contributed by atoms with E-state index in [0.717, 1.165) is 0 Å². The molecule has 9 heteroatoms. The summed E-state index contributed by atoms with van der Waals surface area (Å²) in [5.74, 6) is -4.50. The van der Waals surface area contributed by atoms with Gasteiger partial charge in [0.05, 0.1) is 12.6 Å². The van der Waals surface area contributed by atoms with Crippen LogP contribution in [0.25, 0.3) is 0 Å². The Morgan fingerprint density at radius 3 is 2.15 bits per heavy atom. The zero-order valence-electron chi connectivity index (χ0n) is 13.1. The van der Waals surface area contributed by atoms with E-state index < -0.39 is 41.0 Å². The summed E-state index contributed by atoms with van der Waals surface area (Å²) in [5, 5.41) is 14.8. The summed E-state index contributed by atoms with van der Waals surface area (Å²) < 4.78 is 39.9. The molecule has 1 heterocycles. The van der Waals surface area contributed by atoms with Crippen molar-refractivity contribution in [1.82, 2.24) is 4.98 Å². The first-order valence-electron chi connectivity index (χ1n) is 7.44. The Morgan fingerprint density at radius 2 is 1.58 bits per heavy atom. The average Bonchev–Trinajstić information content (AvgIpc) is 2.65. The number of aliphatic hydroxyl groups is 1. The van der Waals surface area contributed by atoms with E-state index in [4.69, 9.17) is 0 Å². The van der Waals surface area contributed by atoms with E-state index >= 15 is 0 Å². The predicted molar refractivity (Wildman–Crippen MR) is 88.6 cm³/mol. The molecule has 26 heavy (non-hydrogen) atoms. The molecule has 6 nitrogen and oxygen atoms in total. The smallest absolute Gasteiger partial charge is 0.253 e. The SMILES string of the molecule is O=c1c(Nc2ccncc2)c(NC(CO)c2cc(F)c(F)c(F)c2)c1=O. The van der Waals surface area contributed by atoms with Gasteiger partial charge in [0, 0.05) is 18.1 Å². The number of halogens is 3. The highest BCUT2D eigenvalue weighted by molar-refractivity contribution is 5.78. The summed E-state index contributed by atoms with van der Waals surface area (Å²) in [6.07, 6.45) is 2.95. The molecule has 0 radical (unpaired) electrons. The number of benzene rings is 1. The van der Waals surface area contributed by atoms with Crippen molar-refractivity contribution >= 4 is 17.1 Å². The van der Waals surface area contributed by atoms with E-state index in [1.807, 2.05) is 0 Å². The zero-order chi connectivity index (χ0) is 18.8. The van der Waals surface area contributed by atoms with Crippen molar-refractivity contribution in [1.29, 1.82) is 0 Å². The van der Waals surface area contributed by atoms with Crippen LogP contribution < -0.4 is 21.5 Å². The number of rotatable bonds is 6. The van der Waals surface area contributed by atoms with Gasteiger partial charge < -0.3 is 15.7 Å². The molecule has 0 aliphatic heterocycles. The molecule has 3 rings (SSSR count). The highest BCUT2D eigenvalue weighted by atomic mass is 19.2. The van der Waals surface area contributed by atoms with E-state index in [1.54, 1.807) is 12.1 Å². The Morgan fingerprint density at radius 1 is 1.00 bits per heavy atom. The second kappa shape index (κ2) is 6.96. The van der Waals surface area contributed by atoms with Crippen molar-refractivity contribution in [2.45, 2.75) is 6.04 Å². The van der Waals surface area contributed by atoms with Gasteiger partial charge in [0.2, 0.25) is 0 Å². The molecule has 134 valence electrons. The summed E-state index contributed by atoms with van der Waals surface area (Å²) in [4.78, 5) is 27.4. The van der Waals surface area contributed by atoms with Gasteiger partial charge in [-0.15, -0.1) is 0 Å². The van der Waals surface area contributed by atoms with Crippen LogP contribution in [0.15, 0.2) is 46.2 Å².